The van der Waals surface area contributed by atoms with Gasteiger partial charge in [-0.25, -0.2) is 0 Å². The summed E-state index contributed by atoms with van der Waals surface area (Å²) in [4.78, 5) is 11.0. The lowest BCUT2D eigenvalue weighted by Gasteiger charge is -1.97. The second-order valence-corrected chi connectivity index (χ2v) is 4.89. The van der Waals surface area contributed by atoms with E-state index in [0.29, 0.717) is 0 Å². The smallest absolute Gasteiger partial charge is 0.224 e. The quantitative estimate of drug-likeness (QED) is 0.776. The highest BCUT2D eigenvalue weighted by molar-refractivity contribution is 6.53. The van der Waals surface area contributed by atoms with Crippen molar-refractivity contribution in [3.05, 3.63) is 35.9 Å². The lowest BCUT2D eigenvalue weighted by atomic mass is 10.1. The molecule has 74 valence electrons. The summed E-state index contributed by atoms with van der Waals surface area (Å²) in [6.45, 7) is 0. The van der Waals surface area contributed by atoms with Gasteiger partial charge in [0.25, 0.3) is 0 Å². The van der Waals surface area contributed by atoms with Gasteiger partial charge in [0.2, 0.25) is 5.91 Å². The molecule has 2 atom stereocenters. The fourth-order valence-corrected chi connectivity index (χ4v) is 2.60. The van der Waals surface area contributed by atoms with Crippen LogP contribution in [-0.4, -0.2) is 10.2 Å². The number of primary amides is 1. The zero-order valence-electron chi connectivity index (χ0n) is 7.28. The SMILES string of the molecule is NC(=O)[C@H]1[C@H](c2ccccc2)C1(Cl)Cl. The predicted molar refractivity (Wildman–Crippen MR) is 56.3 cm³/mol. The van der Waals surface area contributed by atoms with Crippen molar-refractivity contribution >= 4 is 29.1 Å². The molecule has 0 heterocycles. The minimum atomic E-state index is -1.02. The molecule has 2 nitrogen and oxygen atoms in total. The first-order valence-corrected chi connectivity index (χ1v) is 5.03. The standard InChI is InChI=1S/C10H9Cl2NO/c11-10(12)7(8(10)9(13)14)6-4-2-1-3-5-6/h1-5,7-8H,(H2,13,14)/t7-,8+/m0/s1. The van der Waals surface area contributed by atoms with Crippen molar-refractivity contribution in [2.75, 3.05) is 0 Å². The molecule has 0 aromatic heterocycles. The molecule has 0 saturated heterocycles. The van der Waals surface area contributed by atoms with Crippen molar-refractivity contribution in [3.63, 3.8) is 0 Å². The minimum absolute atomic E-state index is 0.162. The molecule has 14 heavy (non-hydrogen) atoms. The highest BCUT2D eigenvalue weighted by atomic mass is 35.5. The van der Waals surface area contributed by atoms with Crippen molar-refractivity contribution < 1.29 is 4.79 Å². The largest absolute Gasteiger partial charge is 0.369 e. The zero-order chi connectivity index (χ0) is 10.3. The number of rotatable bonds is 2. The number of halogens is 2. The zero-order valence-corrected chi connectivity index (χ0v) is 8.79. The van der Waals surface area contributed by atoms with Gasteiger partial charge in [0.1, 0.15) is 4.33 Å². The maximum atomic E-state index is 11.0. The molecule has 0 aliphatic heterocycles. The van der Waals surface area contributed by atoms with Gasteiger partial charge in [-0.2, -0.15) is 0 Å². The number of amides is 1. The Morgan fingerprint density at radius 1 is 1.29 bits per heavy atom. The molecule has 0 radical (unpaired) electrons. The molecule has 0 bridgehead atoms. The maximum absolute atomic E-state index is 11.0. The van der Waals surface area contributed by atoms with E-state index in [1.807, 2.05) is 30.3 Å². The Kier molecular flexibility index (Phi) is 2.20. The normalized spacial score (nSPS) is 28.4. The Labute approximate surface area is 92.0 Å². The Morgan fingerprint density at radius 3 is 2.29 bits per heavy atom. The molecule has 1 aromatic rings. The minimum Gasteiger partial charge on any atom is -0.369 e. The third-order valence-electron chi connectivity index (χ3n) is 2.52. The number of hydrogen-bond acceptors (Lipinski definition) is 1. The first-order valence-electron chi connectivity index (χ1n) is 4.27. The Balaban J connectivity index is 2.28. The van der Waals surface area contributed by atoms with E-state index < -0.39 is 16.2 Å². The second kappa shape index (κ2) is 3.14. The van der Waals surface area contributed by atoms with Crippen LogP contribution < -0.4 is 5.73 Å². The molecule has 2 N–H and O–H groups in total. The van der Waals surface area contributed by atoms with Crippen molar-refractivity contribution in [3.8, 4) is 0 Å². The van der Waals surface area contributed by atoms with Crippen LogP contribution in [0.4, 0.5) is 0 Å². The summed E-state index contributed by atoms with van der Waals surface area (Å²) in [5, 5.41) is 0. The van der Waals surface area contributed by atoms with Crippen LogP contribution in [0.3, 0.4) is 0 Å². The number of hydrogen-bond donors (Lipinski definition) is 1. The van der Waals surface area contributed by atoms with Crippen LogP contribution in [0.1, 0.15) is 11.5 Å². The molecular formula is C10H9Cl2NO. The van der Waals surface area contributed by atoms with Gasteiger partial charge >= 0.3 is 0 Å². The van der Waals surface area contributed by atoms with E-state index in [1.54, 1.807) is 0 Å². The molecule has 1 amide bonds. The van der Waals surface area contributed by atoms with E-state index in [2.05, 4.69) is 0 Å². The number of alkyl halides is 2. The van der Waals surface area contributed by atoms with Crippen LogP contribution >= 0.6 is 23.2 Å². The van der Waals surface area contributed by atoms with Crippen LogP contribution in [-0.2, 0) is 4.79 Å². The van der Waals surface area contributed by atoms with Gasteiger partial charge < -0.3 is 5.73 Å². The Hall–Kier alpha value is -0.730. The van der Waals surface area contributed by atoms with Crippen LogP contribution in [0.2, 0.25) is 0 Å². The van der Waals surface area contributed by atoms with Gasteiger partial charge in [-0.05, 0) is 5.56 Å². The molecule has 4 heteroatoms. The molecule has 0 unspecified atom stereocenters. The summed E-state index contributed by atoms with van der Waals surface area (Å²) >= 11 is 11.9. The lowest BCUT2D eigenvalue weighted by molar-refractivity contribution is -0.119. The van der Waals surface area contributed by atoms with Gasteiger partial charge in [-0.15, -0.1) is 23.2 Å². The van der Waals surface area contributed by atoms with Gasteiger partial charge in [-0.3, -0.25) is 4.79 Å². The van der Waals surface area contributed by atoms with E-state index >= 15 is 0 Å². The first-order chi connectivity index (χ1) is 6.55. The molecule has 1 aromatic carbocycles. The maximum Gasteiger partial charge on any atom is 0.224 e. The molecule has 1 fully saturated rings. The average molecular weight is 230 g/mol. The summed E-state index contributed by atoms with van der Waals surface area (Å²) in [5.74, 6) is -1.07. The molecule has 2 rings (SSSR count). The molecule has 1 aliphatic rings. The van der Waals surface area contributed by atoms with Gasteiger partial charge in [-0.1, -0.05) is 30.3 Å². The van der Waals surface area contributed by atoms with Crippen molar-refractivity contribution in [1.82, 2.24) is 0 Å². The van der Waals surface area contributed by atoms with E-state index in [4.69, 9.17) is 28.9 Å². The second-order valence-electron chi connectivity index (χ2n) is 3.44. The van der Waals surface area contributed by atoms with Gasteiger partial charge in [0.05, 0.1) is 5.92 Å². The summed E-state index contributed by atoms with van der Waals surface area (Å²) in [6.07, 6.45) is 0. The van der Waals surface area contributed by atoms with Crippen molar-refractivity contribution in [2.45, 2.75) is 10.3 Å². The van der Waals surface area contributed by atoms with E-state index in [1.165, 1.54) is 0 Å². The fourth-order valence-electron chi connectivity index (χ4n) is 1.76. The molecule has 1 saturated carbocycles. The summed E-state index contributed by atoms with van der Waals surface area (Å²) < 4.78 is -1.02. The average Bonchev–Trinajstić information content (AvgIpc) is 2.71. The third-order valence-corrected chi connectivity index (χ3v) is 3.46. The number of carbonyl (C=O) groups is 1. The predicted octanol–water partition coefficient (Wildman–Crippen LogP) is 2.06. The number of nitrogens with two attached hydrogens (primary N) is 1. The number of benzene rings is 1. The van der Waals surface area contributed by atoms with E-state index in [0.717, 1.165) is 5.56 Å². The topological polar surface area (TPSA) is 43.1 Å². The lowest BCUT2D eigenvalue weighted by Crippen LogP contribution is -2.16. The van der Waals surface area contributed by atoms with Crippen LogP contribution in [0, 0.1) is 5.92 Å². The molecule has 0 spiro atoms. The monoisotopic (exact) mass is 229 g/mol. The molecule has 1 aliphatic carbocycles. The van der Waals surface area contributed by atoms with E-state index in [-0.39, 0.29) is 5.92 Å². The Morgan fingerprint density at radius 2 is 1.86 bits per heavy atom. The van der Waals surface area contributed by atoms with E-state index in [9.17, 15) is 4.79 Å². The van der Waals surface area contributed by atoms with Crippen LogP contribution in [0.15, 0.2) is 30.3 Å². The summed E-state index contributed by atoms with van der Waals surface area (Å²) in [5.41, 5.74) is 6.15. The van der Waals surface area contributed by atoms with Crippen molar-refractivity contribution in [2.24, 2.45) is 11.7 Å². The first kappa shape index (κ1) is 9.81. The van der Waals surface area contributed by atoms with Crippen LogP contribution in [0.5, 0.6) is 0 Å². The van der Waals surface area contributed by atoms with Crippen LogP contribution in [0.25, 0.3) is 0 Å². The number of carbonyl (C=O) groups excluding carboxylic acids is 1. The van der Waals surface area contributed by atoms with Crippen molar-refractivity contribution in [1.29, 1.82) is 0 Å². The summed E-state index contributed by atoms with van der Waals surface area (Å²) in [6, 6.07) is 9.46. The highest BCUT2D eigenvalue weighted by Crippen LogP contribution is 2.64. The molecular weight excluding hydrogens is 221 g/mol. The fraction of sp³-hybridized carbons (Fsp3) is 0.300. The van der Waals surface area contributed by atoms with Gasteiger partial charge in [0, 0.05) is 5.92 Å². The summed E-state index contributed by atoms with van der Waals surface area (Å²) in [7, 11) is 0. The third kappa shape index (κ3) is 1.39. The van der Waals surface area contributed by atoms with Gasteiger partial charge in [0.15, 0.2) is 0 Å². The Bertz CT molecular complexity index is 364. The highest BCUT2D eigenvalue weighted by Gasteiger charge is 2.66.